The first-order valence-corrected chi connectivity index (χ1v) is 9.46. The molecule has 1 atom stereocenters. The van der Waals surface area contributed by atoms with Gasteiger partial charge in [0.15, 0.2) is 5.82 Å². The van der Waals surface area contributed by atoms with Crippen molar-refractivity contribution in [2.24, 2.45) is 0 Å². The van der Waals surface area contributed by atoms with E-state index in [1.54, 1.807) is 18.5 Å². The number of hydrogen-bond donors (Lipinski definition) is 1. The van der Waals surface area contributed by atoms with E-state index >= 15 is 0 Å². The van der Waals surface area contributed by atoms with Crippen LogP contribution in [-0.4, -0.2) is 50.3 Å². The summed E-state index contributed by atoms with van der Waals surface area (Å²) in [4.78, 5) is 33.5. The molecule has 4 rings (SSSR count). The summed E-state index contributed by atoms with van der Waals surface area (Å²) in [7, 11) is 1.26. The van der Waals surface area contributed by atoms with Crippen LogP contribution in [0.25, 0.3) is 11.5 Å². The van der Waals surface area contributed by atoms with Crippen molar-refractivity contribution in [3.8, 4) is 17.4 Å². The van der Waals surface area contributed by atoms with Crippen molar-refractivity contribution in [3.63, 3.8) is 0 Å². The first-order valence-electron chi connectivity index (χ1n) is 9.46. The van der Waals surface area contributed by atoms with Gasteiger partial charge in [0.25, 0.3) is 5.91 Å². The van der Waals surface area contributed by atoms with Crippen LogP contribution < -0.4 is 10.1 Å². The predicted octanol–water partition coefficient (Wildman–Crippen LogP) is 2.51. The topological polar surface area (TPSA) is 121 Å². The van der Waals surface area contributed by atoms with Crippen molar-refractivity contribution in [1.82, 2.24) is 24.7 Å². The molecule has 1 aliphatic rings. The number of carbonyl (C=O) groups is 2. The molecule has 0 saturated carbocycles. The average Bonchev–Trinajstić information content (AvgIpc) is 3.26. The van der Waals surface area contributed by atoms with Crippen molar-refractivity contribution in [3.05, 3.63) is 47.9 Å². The molecule has 1 aliphatic heterocycles. The molecule has 4 heterocycles. The molecular formula is C20H20N6O4. The van der Waals surface area contributed by atoms with Gasteiger partial charge in [-0.2, -0.15) is 0 Å². The molecule has 0 spiro atoms. The lowest BCUT2D eigenvalue weighted by molar-refractivity contribution is 0.0600. The minimum absolute atomic E-state index is 0.121. The van der Waals surface area contributed by atoms with E-state index in [1.165, 1.54) is 19.4 Å². The SMILES string of the molecule is COC(=O)c1cnc2c(c1)C(=O)Nc1cccc(n1)-c1nncn1C(C)CCCO2. The molecule has 10 nitrogen and oxygen atoms in total. The van der Waals surface area contributed by atoms with E-state index < -0.39 is 11.9 Å². The number of aromatic nitrogens is 5. The molecule has 1 unspecified atom stereocenters. The molecular weight excluding hydrogens is 388 g/mol. The third-order valence-corrected chi connectivity index (χ3v) is 4.79. The smallest absolute Gasteiger partial charge is 0.339 e. The molecule has 0 saturated heterocycles. The summed E-state index contributed by atoms with van der Waals surface area (Å²) in [6.07, 6.45) is 4.51. The van der Waals surface area contributed by atoms with Gasteiger partial charge >= 0.3 is 5.97 Å². The molecule has 3 aromatic rings. The lowest BCUT2D eigenvalue weighted by Gasteiger charge is -2.17. The number of nitrogens with one attached hydrogen (secondary N) is 1. The molecule has 10 heteroatoms. The summed E-state index contributed by atoms with van der Waals surface area (Å²) in [5.41, 5.74) is 0.866. The molecule has 30 heavy (non-hydrogen) atoms. The number of nitrogens with zero attached hydrogens (tertiary/aromatic N) is 5. The Bertz CT molecular complexity index is 1100. The fourth-order valence-electron chi connectivity index (χ4n) is 3.21. The van der Waals surface area contributed by atoms with Crippen LogP contribution in [0.15, 0.2) is 36.8 Å². The van der Waals surface area contributed by atoms with Gasteiger partial charge in [0.1, 0.15) is 23.4 Å². The first kappa shape index (κ1) is 19.5. The van der Waals surface area contributed by atoms with Gasteiger partial charge in [0.2, 0.25) is 5.88 Å². The summed E-state index contributed by atoms with van der Waals surface area (Å²) >= 11 is 0. The highest BCUT2D eigenvalue weighted by Gasteiger charge is 2.21. The van der Waals surface area contributed by atoms with Gasteiger partial charge in [-0.1, -0.05) is 6.07 Å². The number of anilines is 1. The van der Waals surface area contributed by atoms with E-state index in [4.69, 9.17) is 9.47 Å². The molecule has 154 valence electrons. The predicted molar refractivity (Wildman–Crippen MR) is 106 cm³/mol. The maximum Gasteiger partial charge on any atom is 0.339 e. The number of fused-ring (bicyclic) bond motifs is 5. The Kier molecular flexibility index (Phi) is 5.38. The molecule has 1 amide bonds. The van der Waals surface area contributed by atoms with Gasteiger partial charge in [0.05, 0.1) is 19.3 Å². The van der Waals surface area contributed by atoms with Crippen LogP contribution in [0.1, 0.15) is 46.5 Å². The highest BCUT2D eigenvalue weighted by Crippen LogP contribution is 2.25. The summed E-state index contributed by atoms with van der Waals surface area (Å²) in [6.45, 7) is 2.43. The maximum absolute atomic E-state index is 12.9. The number of amides is 1. The Balaban J connectivity index is 1.76. The van der Waals surface area contributed by atoms with Crippen LogP contribution in [0.2, 0.25) is 0 Å². The lowest BCUT2D eigenvalue weighted by Crippen LogP contribution is -2.18. The number of pyridine rings is 2. The van der Waals surface area contributed by atoms with Crippen molar-refractivity contribution < 1.29 is 19.1 Å². The van der Waals surface area contributed by atoms with Crippen LogP contribution in [0.3, 0.4) is 0 Å². The second kappa shape index (κ2) is 8.27. The molecule has 0 radical (unpaired) electrons. The van der Waals surface area contributed by atoms with Gasteiger partial charge in [-0.05, 0) is 38.0 Å². The van der Waals surface area contributed by atoms with Crippen molar-refractivity contribution >= 4 is 17.7 Å². The van der Waals surface area contributed by atoms with Gasteiger partial charge in [-0.3, -0.25) is 4.79 Å². The molecule has 0 fully saturated rings. The molecule has 3 aromatic heterocycles. The van der Waals surface area contributed by atoms with E-state index in [0.29, 0.717) is 30.4 Å². The number of esters is 1. The highest BCUT2D eigenvalue weighted by molar-refractivity contribution is 6.06. The normalized spacial score (nSPS) is 16.3. The fraction of sp³-hybridized carbons (Fsp3) is 0.300. The lowest BCUT2D eigenvalue weighted by atomic mass is 10.1. The number of methoxy groups -OCH3 is 1. The second-order valence-electron chi connectivity index (χ2n) is 6.83. The number of hydrogen-bond acceptors (Lipinski definition) is 8. The van der Waals surface area contributed by atoms with E-state index in [2.05, 4.69) is 32.4 Å². The standard InChI is InChI=1S/C20H20N6O4/c1-12-5-4-8-30-19-14(9-13(10-21-19)20(28)29-2)18(27)24-16-7-3-6-15(23-16)17-25-22-11-26(12)17/h3,6-7,9-12H,4-5,8H2,1-2H3,(H,23,24,27). The largest absolute Gasteiger partial charge is 0.477 e. The second-order valence-corrected chi connectivity index (χ2v) is 6.83. The minimum atomic E-state index is -0.592. The van der Waals surface area contributed by atoms with Crippen LogP contribution in [-0.2, 0) is 4.74 Å². The third kappa shape index (κ3) is 3.84. The Hall–Kier alpha value is -3.82. The summed E-state index contributed by atoms with van der Waals surface area (Å²) in [5.74, 6) is -0.00519. The first-order chi connectivity index (χ1) is 14.6. The van der Waals surface area contributed by atoms with E-state index in [1.807, 2.05) is 10.6 Å². The summed E-state index contributed by atoms with van der Waals surface area (Å²) in [5, 5.41) is 10.9. The monoisotopic (exact) mass is 408 g/mol. The Morgan fingerprint density at radius 1 is 1.37 bits per heavy atom. The Labute approximate surface area is 172 Å². The molecule has 2 bridgehead atoms. The van der Waals surface area contributed by atoms with Crippen LogP contribution in [0, 0.1) is 0 Å². The third-order valence-electron chi connectivity index (χ3n) is 4.79. The number of rotatable bonds is 1. The number of carbonyl (C=O) groups excluding carboxylic acids is 2. The average molecular weight is 408 g/mol. The van der Waals surface area contributed by atoms with Gasteiger partial charge < -0.3 is 19.4 Å². The molecule has 1 N–H and O–H groups in total. The van der Waals surface area contributed by atoms with Crippen molar-refractivity contribution in [2.45, 2.75) is 25.8 Å². The van der Waals surface area contributed by atoms with E-state index in [9.17, 15) is 9.59 Å². The molecule has 0 aromatic carbocycles. The van der Waals surface area contributed by atoms with Crippen LogP contribution in [0.5, 0.6) is 5.88 Å². The number of ether oxygens (including phenoxy) is 2. The summed E-state index contributed by atoms with van der Waals surface area (Å²) < 4.78 is 12.4. The van der Waals surface area contributed by atoms with E-state index in [-0.39, 0.29) is 23.0 Å². The highest BCUT2D eigenvalue weighted by atomic mass is 16.5. The minimum Gasteiger partial charge on any atom is -0.477 e. The van der Waals surface area contributed by atoms with E-state index in [0.717, 1.165) is 6.42 Å². The zero-order chi connectivity index (χ0) is 21.1. The molecule has 0 aliphatic carbocycles. The fourth-order valence-corrected chi connectivity index (χ4v) is 3.21. The summed E-state index contributed by atoms with van der Waals surface area (Å²) in [6, 6.07) is 6.76. The van der Waals surface area contributed by atoms with Gasteiger partial charge in [0, 0.05) is 12.2 Å². The zero-order valence-electron chi connectivity index (χ0n) is 16.5. The van der Waals surface area contributed by atoms with Crippen molar-refractivity contribution in [2.75, 3.05) is 19.0 Å². The zero-order valence-corrected chi connectivity index (χ0v) is 16.5. The quantitative estimate of drug-likeness (QED) is 0.610. The van der Waals surface area contributed by atoms with Gasteiger partial charge in [-0.15, -0.1) is 10.2 Å². The van der Waals surface area contributed by atoms with Crippen LogP contribution >= 0.6 is 0 Å². The van der Waals surface area contributed by atoms with Gasteiger partial charge in [-0.25, -0.2) is 14.8 Å². The maximum atomic E-state index is 12.9. The Morgan fingerprint density at radius 2 is 2.23 bits per heavy atom. The van der Waals surface area contributed by atoms with Crippen LogP contribution in [0.4, 0.5) is 5.82 Å². The Morgan fingerprint density at radius 3 is 3.07 bits per heavy atom. The van der Waals surface area contributed by atoms with Crippen molar-refractivity contribution in [1.29, 1.82) is 0 Å².